The Labute approximate surface area is 191 Å². The molecule has 0 unspecified atom stereocenters. The first-order valence-electron chi connectivity index (χ1n) is 9.86. The molecule has 10 nitrogen and oxygen atoms in total. The van der Waals surface area contributed by atoms with E-state index in [1.807, 2.05) is 0 Å². The molecule has 0 spiro atoms. The molecule has 0 fully saturated rings. The maximum absolute atomic E-state index is 12.8. The molecule has 3 aromatic rings. The maximum atomic E-state index is 12.8. The molecule has 0 bridgehead atoms. The summed E-state index contributed by atoms with van der Waals surface area (Å²) in [5.41, 5.74) is 1.36. The van der Waals surface area contributed by atoms with E-state index >= 15 is 0 Å². The molecule has 0 aliphatic heterocycles. The predicted molar refractivity (Wildman–Crippen MR) is 122 cm³/mol. The number of nitrogens with zero attached hydrogens (tertiary/aromatic N) is 3. The highest BCUT2D eigenvalue weighted by Gasteiger charge is 2.23. The Morgan fingerprint density at radius 3 is 2.36 bits per heavy atom. The minimum Gasteiger partial charge on any atom is -0.485 e. The van der Waals surface area contributed by atoms with Crippen molar-refractivity contribution >= 4 is 33.3 Å². The van der Waals surface area contributed by atoms with Crippen molar-refractivity contribution in [2.75, 3.05) is 24.2 Å². The fourth-order valence-electron chi connectivity index (χ4n) is 2.79. The van der Waals surface area contributed by atoms with Gasteiger partial charge < -0.3 is 15.4 Å². The van der Waals surface area contributed by atoms with E-state index in [1.165, 1.54) is 44.4 Å². The van der Waals surface area contributed by atoms with Crippen LogP contribution in [0.2, 0.25) is 0 Å². The van der Waals surface area contributed by atoms with Gasteiger partial charge in [-0.2, -0.15) is 4.31 Å². The van der Waals surface area contributed by atoms with Crippen LogP contribution in [0.25, 0.3) is 0 Å². The summed E-state index contributed by atoms with van der Waals surface area (Å²) in [4.78, 5) is 31.7. The Hall–Kier alpha value is -3.83. The van der Waals surface area contributed by atoms with Crippen molar-refractivity contribution in [3.8, 4) is 5.75 Å². The van der Waals surface area contributed by atoms with Crippen molar-refractivity contribution < 1.29 is 22.7 Å². The zero-order chi connectivity index (χ0) is 23.8. The molecule has 0 aliphatic rings. The lowest BCUT2D eigenvalue weighted by Crippen LogP contribution is -2.35. The number of rotatable bonds is 9. The molecule has 2 aromatic heterocycles. The maximum Gasteiger partial charge on any atom is 0.243 e. The molecule has 0 radical (unpaired) electrons. The summed E-state index contributed by atoms with van der Waals surface area (Å²) in [6, 6.07) is 12.6. The fraction of sp³-hybridized carbons (Fsp3) is 0.182. The van der Waals surface area contributed by atoms with Crippen LogP contribution < -0.4 is 15.4 Å². The summed E-state index contributed by atoms with van der Waals surface area (Å²) in [5.74, 6) is -0.315. The van der Waals surface area contributed by atoms with Crippen molar-refractivity contribution in [2.24, 2.45) is 0 Å². The monoisotopic (exact) mass is 469 g/mol. The highest BCUT2D eigenvalue weighted by molar-refractivity contribution is 7.89. The van der Waals surface area contributed by atoms with Gasteiger partial charge in [0.05, 0.1) is 11.4 Å². The second kappa shape index (κ2) is 10.7. The number of aromatic nitrogens is 2. The van der Waals surface area contributed by atoms with Crippen molar-refractivity contribution in [3.05, 3.63) is 72.7 Å². The summed E-state index contributed by atoms with van der Waals surface area (Å²) in [5, 5.41) is 5.16. The quantitative estimate of drug-likeness (QED) is 0.492. The molecule has 2 heterocycles. The van der Waals surface area contributed by atoms with Crippen molar-refractivity contribution in [2.45, 2.75) is 18.4 Å². The average molecular weight is 470 g/mol. The molecule has 11 heteroatoms. The normalized spacial score (nSPS) is 11.1. The van der Waals surface area contributed by atoms with Crippen molar-refractivity contribution in [1.82, 2.24) is 14.3 Å². The highest BCUT2D eigenvalue weighted by Crippen LogP contribution is 2.22. The van der Waals surface area contributed by atoms with Gasteiger partial charge in [0.15, 0.2) is 11.6 Å². The van der Waals surface area contributed by atoms with Crippen LogP contribution in [0.3, 0.4) is 0 Å². The average Bonchev–Trinajstić information content (AvgIpc) is 2.79. The minimum absolute atomic E-state index is 0.00823. The van der Waals surface area contributed by atoms with Crippen molar-refractivity contribution in [1.29, 1.82) is 0 Å². The number of likely N-dealkylation sites (N-methyl/N-ethyl adjacent to an activating group) is 1. The SMILES string of the molecule is CC(=O)Nc1ccc(S(=O)(=O)N(C)CC(=O)Nc2ncccc2OCc2ccncc2)cc1. The number of hydrogen-bond donors (Lipinski definition) is 2. The Morgan fingerprint density at radius 1 is 1.00 bits per heavy atom. The Morgan fingerprint density at radius 2 is 1.70 bits per heavy atom. The van der Waals surface area contributed by atoms with Crippen LogP contribution in [0.1, 0.15) is 12.5 Å². The molecule has 3 rings (SSSR count). The van der Waals surface area contributed by atoms with Gasteiger partial charge in [0.25, 0.3) is 0 Å². The van der Waals surface area contributed by atoms with Gasteiger partial charge >= 0.3 is 0 Å². The predicted octanol–water partition coefficient (Wildman–Crippen LogP) is 2.27. The first kappa shape index (κ1) is 23.8. The van der Waals surface area contributed by atoms with Crippen LogP contribution in [0, 0.1) is 0 Å². The summed E-state index contributed by atoms with van der Waals surface area (Å²) < 4.78 is 32.3. The minimum atomic E-state index is -3.93. The smallest absolute Gasteiger partial charge is 0.243 e. The van der Waals surface area contributed by atoms with Crippen LogP contribution in [0.4, 0.5) is 11.5 Å². The second-order valence-corrected chi connectivity index (χ2v) is 9.05. The lowest BCUT2D eigenvalue weighted by molar-refractivity contribution is -0.116. The Bertz CT molecular complexity index is 1220. The lowest BCUT2D eigenvalue weighted by atomic mass is 10.3. The molecule has 33 heavy (non-hydrogen) atoms. The number of nitrogens with one attached hydrogen (secondary N) is 2. The zero-order valence-electron chi connectivity index (χ0n) is 18.1. The molecule has 0 atom stereocenters. The van der Waals surface area contributed by atoms with E-state index < -0.39 is 22.5 Å². The molecule has 2 amide bonds. The molecule has 0 saturated carbocycles. The van der Waals surface area contributed by atoms with E-state index in [-0.39, 0.29) is 23.2 Å². The second-order valence-electron chi connectivity index (χ2n) is 7.01. The van der Waals surface area contributed by atoms with Gasteiger partial charge in [-0.25, -0.2) is 13.4 Å². The molecule has 0 aliphatic carbocycles. The molecule has 172 valence electrons. The van der Waals surface area contributed by atoms with Gasteiger partial charge in [-0.15, -0.1) is 0 Å². The molecule has 2 N–H and O–H groups in total. The van der Waals surface area contributed by atoms with E-state index in [9.17, 15) is 18.0 Å². The van der Waals surface area contributed by atoms with Gasteiger partial charge in [-0.1, -0.05) is 0 Å². The van der Waals surface area contributed by atoms with Crippen LogP contribution in [0.15, 0.2) is 72.0 Å². The van der Waals surface area contributed by atoms with Crippen molar-refractivity contribution in [3.63, 3.8) is 0 Å². The summed E-state index contributed by atoms with van der Waals surface area (Å²) in [6.45, 7) is 1.17. The Balaban J connectivity index is 1.63. The summed E-state index contributed by atoms with van der Waals surface area (Å²) in [6.07, 6.45) is 4.79. The van der Waals surface area contributed by atoms with E-state index in [1.54, 1.807) is 36.7 Å². The third-order valence-corrected chi connectivity index (χ3v) is 6.24. The zero-order valence-corrected chi connectivity index (χ0v) is 18.9. The van der Waals surface area contributed by atoms with E-state index in [0.29, 0.717) is 11.4 Å². The number of amides is 2. The fourth-order valence-corrected chi connectivity index (χ4v) is 3.92. The van der Waals surface area contributed by atoms with Crippen LogP contribution in [-0.4, -0.2) is 48.1 Å². The van der Waals surface area contributed by atoms with Gasteiger partial charge in [0, 0.05) is 38.2 Å². The first-order chi connectivity index (χ1) is 15.8. The number of sulfonamides is 1. The number of carbonyl (C=O) groups excluding carboxylic acids is 2. The van der Waals surface area contributed by atoms with E-state index in [4.69, 9.17) is 4.74 Å². The Kier molecular flexibility index (Phi) is 7.70. The third-order valence-electron chi connectivity index (χ3n) is 4.42. The van der Waals surface area contributed by atoms with Gasteiger partial charge in [0.2, 0.25) is 21.8 Å². The van der Waals surface area contributed by atoms with Crippen LogP contribution in [-0.2, 0) is 26.2 Å². The van der Waals surface area contributed by atoms with Crippen LogP contribution in [0.5, 0.6) is 5.75 Å². The first-order valence-corrected chi connectivity index (χ1v) is 11.3. The topological polar surface area (TPSA) is 131 Å². The number of anilines is 2. The number of benzene rings is 1. The molecule has 1 aromatic carbocycles. The van der Waals surface area contributed by atoms with E-state index in [0.717, 1.165) is 9.87 Å². The third kappa shape index (κ3) is 6.57. The van der Waals surface area contributed by atoms with E-state index in [2.05, 4.69) is 20.6 Å². The summed E-state index contributed by atoms with van der Waals surface area (Å²) >= 11 is 0. The molecular formula is C22H23N5O5S. The van der Waals surface area contributed by atoms with Crippen LogP contribution >= 0.6 is 0 Å². The molecule has 0 saturated heterocycles. The highest BCUT2D eigenvalue weighted by atomic mass is 32.2. The molecular weight excluding hydrogens is 446 g/mol. The summed E-state index contributed by atoms with van der Waals surface area (Å²) in [7, 11) is -2.62. The van der Waals surface area contributed by atoms with Gasteiger partial charge in [0.1, 0.15) is 6.61 Å². The van der Waals surface area contributed by atoms with Gasteiger partial charge in [-0.3, -0.25) is 14.6 Å². The standard InChI is InChI=1S/C22H23N5O5S/c1-16(28)25-18-5-7-19(8-6-18)33(30,31)27(2)14-21(29)26-22-20(4-3-11-24-22)32-15-17-9-12-23-13-10-17/h3-13H,14-15H2,1-2H3,(H,25,28)(H,24,26,29). The number of carbonyl (C=O) groups is 2. The number of hydrogen-bond acceptors (Lipinski definition) is 7. The number of pyridine rings is 2. The lowest BCUT2D eigenvalue weighted by Gasteiger charge is -2.17. The number of ether oxygens (including phenoxy) is 1. The largest absolute Gasteiger partial charge is 0.485 e. The van der Waals surface area contributed by atoms with Gasteiger partial charge in [-0.05, 0) is 54.1 Å².